The van der Waals surface area contributed by atoms with E-state index in [1.54, 1.807) is 4.90 Å². The van der Waals surface area contributed by atoms with E-state index in [0.717, 1.165) is 30.3 Å². The van der Waals surface area contributed by atoms with Crippen molar-refractivity contribution in [2.75, 3.05) is 18.4 Å². The van der Waals surface area contributed by atoms with Gasteiger partial charge in [-0.05, 0) is 30.9 Å². The van der Waals surface area contributed by atoms with E-state index in [9.17, 15) is 13.6 Å². The molecule has 0 radical (unpaired) electrons. The standard InChI is InChI=1S/C13H13BrClF2NO/c14-3-1-8-2-4-18(7-8)13(19)9-5-12(17)10(15)6-11(9)16/h5-6,8H,1-4,7H2. The Morgan fingerprint density at radius 1 is 1.42 bits per heavy atom. The van der Waals surface area contributed by atoms with Crippen LogP contribution in [0.25, 0.3) is 0 Å². The second-order valence-electron chi connectivity index (χ2n) is 4.63. The summed E-state index contributed by atoms with van der Waals surface area (Å²) >= 11 is 8.83. The topological polar surface area (TPSA) is 20.3 Å². The molecule has 0 spiro atoms. The van der Waals surface area contributed by atoms with Crippen LogP contribution in [0.1, 0.15) is 23.2 Å². The maximum absolute atomic E-state index is 13.7. The Morgan fingerprint density at radius 3 is 2.84 bits per heavy atom. The molecular formula is C13H13BrClF2NO. The average molecular weight is 353 g/mol. The molecule has 0 bridgehead atoms. The van der Waals surface area contributed by atoms with Crippen LogP contribution in [0.5, 0.6) is 0 Å². The van der Waals surface area contributed by atoms with E-state index in [2.05, 4.69) is 15.9 Å². The lowest BCUT2D eigenvalue weighted by Gasteiger charge is -2.17. The molecule has 1 unspecified atom stereocenters. The Hall–Kier alpha value is -0.680. The normalized spacial score (nSPS) is 18.9. The quantitative estimate of drug-likeness (QED) is 0.597. The number of carbonyl (C=O) groups excluding carboxylic acids is 1. The van der Waals surface area contributed by atoms with Crippen LogP contribution in [0, 0.1) is 17.6 Å². The third-order valence-electron chi connectivity index (χ3n) is 3.33. The molecule has 104 valence electrons. The Bertz CT molecular complexity index is 498. The van der Waals surface area contributed by atoms with Crippen molar-refractivity contribution < 1.29 is 13.6 Å². The third kappa shape index (κ3) is 3.26. The average Bonchev–Trinajstić information content (AvgIpc) is 2.82. The Balaban J connectivity index is 2.15. The van der Waals surface area contributed by atoms with E-state index in [1.165, 1.54) is 0 Å². The molecule has 1 fully saturated rings. The molecular weight excluding hydrogens is 340 g/mol. The number of hydrogen-bond donors (Lipinski definition) is 0. The van der Waals surface area contributed by atoms with Gasteiger partial charge in [0.05, 0.1) is 10.6 Å². The molecule has 2 nitrogen and oxygen atoms in total. The summed E-state index contributed by atoms with van der Waals surface area (Å²) in [4.78, 5) is 13.7. The summed E-state index contributed by atoms with van der Waals surface area (Å²) in [7, 11) is 0. The van der Waals surface area contributed by atoms with E-state index in [-0.39, 0.29) is 10.6 Å². The fourth-order valence-corrected chi connectivity index (χ4v) is 3.06. The molecule has 1 heterocycles. The lowest BCUT2D eigenvalue weighted by Crippen LogP contribution is -2.29. The minimum Gasteiger partial charge on any atom is -0.338 e. The molecule has 2 rings (SSSR count). The number of benzene rings is 1. The summed E-state index contributed by atoms with van der Waals surface area (Å²) in [5.74, 6) is -1.60. The van der Waals surface area contributed by atoms with Crippen molar-refractivity contribution in [3.8, 4) is 0 Å². The summed E-state index contributed by atoms with van der Waals surface area (Å²) in [6, 6.07) is 1.72. The Labute approximate surface area is 123 Å². The molecule has 1 aromatic carbocycles. The van der Waals surface area contributed by atoms with Gasteiger partial charge in [-0.1, -0.05) is 27.5 Å². The molecule has 1 aliphatic heterocycles. The number of halogens is 4. The zero-order chi connectivity index (χ0) is 14.0. The minimum absolute atomic E-state index is 0.249. The predicted molar refractivity (Wildman–Crippen MR) is 73.8 cm³/mol. The third-order valence-corrected chi connectivity index (χ3v) is 4.08. The van der Waals surface area contributed by atoms with Crippen molar-refractivity contribution in [2.24, 2.45) is 5.92 Å². The molecule has 0 aromatic heterocycles. The fourth-order valence-electron chi connectivity index (χ4n) is 2.26. The first kappa shape index (κ1) is 14.7. The van der Waals surface area contributed by atoms with E-state index in [4.69, 9.17) is 11.6 Å². The summed E-state index contributed by atoms with van der Waals surface area (Å²) in [6.45, 7) is 1.17. The zero-order valence-electron chi connectivity index (χ0n) is 10.1. The number of alkyl halides is 1. The highest BCUT2D eigenvalue weighted by atomic mass is 79.9. The van der Waals surface area contributed by atoms with Crippen molar-refractivity contribution in [1.29, 1.82) is 0 Å². The lowest BCUT2D eigenvalue weighted by atomic mass is 10.1. The van der Waals surface area contributed by atoms with Crippen LogP contribution in [0.15, 0.2) is 12.1 Å². The first-order valence-corrected chi connectivity index (χ1v) is 7.52. The molecule has 1 atom stereocenters. The number of rotatable bonds is 3. The summed E-state index contributed by atoms with van der Waals surface area (Å²) in [5, 5.41) is 0.566. The van der Waals surface area contributed by atoms with E-state index in [0.29, 0.717) is 19.0 Å². The van der Waals surface area contributed by atoms with Gasteiger partial charge in [0.25, 0.3) is 5.91 Å². The van der Waals surface area contributed by atoms with E-state index < -0.39 is 17.5 Å². The van der Waals surface area contributed by atoms with E-state index >= 15 is 0 Å². The molecule has 1 aliphatic rings. The molecule has 0 N–H and O–H groups in total. The number of carbonyl (C=O) groups is 1. The number of likely N-dealkylation sites (tertiary alicyclic amines) is 1. The van der Waals surface area contributed by atoms with Crippen molar-refractivity contribution >= 4 is 33.4 Å². The molecule has 1 saturated heterocycles. The van der Waals surface area contributed by atoms with Gasteiger partial charge in [0.2, 0.25) is 0 Å². The Kier molecular flexibility index (Phi) is 4.79. The smallest absolute Gasteiger partial charge is 0.256 e. The highest BCUT2D eigenvalue weighted by molar-refractivity contribution is 9.09. The molecule has 0 aliphatic carbocycles. The zero-order valence-corrected chi connectivity index (χ0v) is 12.5. The van der Waals surface area contributed by atoms with Crippen LogP contribution in [0.3, 0.4) is 0 Å². The highest BCUT2D eigenvalue weighted by Gasteiger charge is 2.28. The minimum atomic E-state index is -0.777. The highest BCUT2D eigenvalue weighted by Crippen LogP contribution is 2.25. The van der Waals surface area contributed by atoms with Gasteiger partial charge in [0.1, 0.15) is 11.6 Å². The van der Waals surface area contributed by atoms with Gasteiger partial charge in [0, 0.05) is 18.4 Å². The largest absolute Gasteiger partial charge is 0.338 e. The Morgan fingerprint density at radius 2 is 2.16 bits per heavy atom. The van der Waals surface area contributed by atoms with E-state index in [1.807, 2.05) is 0 Å². The van der Waals surface area contributed by atoms with Crippen molar-refractivity contribution in [3.05, 3.63) is 34.4 Å². The molecule has 1 amide bonds. The first-order chi connectivity index (χ1) is 9.02. The van der Waals surface area contributed by atoms with Crippen LogP contribution in [-0.2, 0) is 0 Å². The molecule has 0 saturated carbocycles. The molecule has 19 heavy (non-hydrogen) atoms. The van der Waals surface area contributed by atoms with Crippen LogP contribution in [-0.4, -0.2) is 29.2 Å². The summed E-state index contributed by atoms with van der Waals surface area (Å²) in [5.41, 5.74) is -0.249. The van der Waals surface area contributed by atoms with Gasteiger partial charge >= 0.3 is 0 Å². The van der Waals surface area contributed by atoms with Crippen LogP contribution in [0.2, 0.25) is 5.02 Å². The van der Waals surface area contributed by atoms with Crippen molar-refractivity contribution in [2.45, 2.75) is 12.8 Å². The van der Waals surface area contributed by atoms with Gasteiger partial charge in [-0.15, -0.1) is 0 Å². The van der Waals surface area contributed by atoms with Gasteiger partial charge < -0.3 is 4.90 Å². The lowest BCUT2D eigenvalue weighted by molar-refractivity contribution is 0.0782. The predicted octanol–water partition coefficient (Wildman–Crippen LogP) is 3.87. The van der Waals surface area contributed by atoms with Gasteiger partial charge in [0.15, 0.2) is 0 Å². The summed E-state index contributed by atoms with van der Waals surface area (Å²) in [6.07, 6.45) is 1.87. The van der Waals surface area contributed by atoms with Gasteiger partial charge in [-0.3, -0.25) is 4.79 Å². The molecule has 6 heteroatoms. The van der Waals surface area contributed by atoms with Crippen molar-refractivity contribution in [1.82, 2.24) is 4.90 Å². The number of nitrogens with zero attached hydrogens (tertiary/aromatic N) is 1. The van der Waals surface area contributed by atoms with Crippen molar-refractivity contribution in [3.63, 3.8) is 0 Å². The van der Waals surface area contributed by atoms with Crippen LogP contribution in [0.4, 0.5) is 8.78 Å². The van der Waals surface area contributed by atoms with Crippen LogP contribution < -0.4 is 0 Å². The van der Waals surface area contributed by atoms with Crippen LogP contribution >= 0.6 is 27.5 Å². The molecule has 1 aromatic rings. The second kappa shape index (κ2) is 6.18. The SMILES string of the molecule is O=C(c1cc(F)c(Cl)cc1F)N1CCC(CCBr)C1. The maximum atomic E-state index is 13.7. The second-order valence-corrected chi connectivity index (χ2v) is 5.83. The number of hydrogen-bond acceptors (Lipinski definition) is 1. The maximum Gasteiger partial charge on any atom is 0.256 e. The van der Waals surface area contributed by atoms with Gasteiger partial charge in [-0.25, -0.2) is 8.78 Å². The monoisotopic (exact) mass is 351 g/mol. The first-order valence-electron chi connectivity index (χ1n) is 6.02. The van der Waals surface area contributed by atoms with Gasteiger partial charge in [-0.2, -0.15) is 0 Å². The fraction of sp³-hybridized carbons (Fsp3) is 0.462. The number of amides is 1. The summed E-state index contributed by atoms with van der Waals surface area (Å²) < 4.78 is 27.0.